The number of ether oxygens (including phenoxy) is 2. The number of esters is 2. The summed E-state index contributed by atoms with van der Waals surface area (Å²) in [6.07, 6.45) is 1.46. The zero-order valence-electron chi connectivity index (χ0n) is 13.5. The fourth-order valence-electron chi connectivity index (χ4n) is 2.24. The molecule has 1 heterocycles. The zero-order chi connectivity index (χ0) is 16.8. The molecule has 0 atom stereocenters. The van der Waals surface area contributed by atoms with Crippen molar-refractivity contribution in [3.63, 3.8) is 0 Å². The Morgan fingerprint density at radius 3 is 2.39 bits per heavy atom. The molecule has 0 fully saturated rings. The fraction of sp³-hybridized carbons (Fsp3) is 0.353. The molecule has 0 aliphatic heterocycles. The highest BCUT2D eigenvalue weighted by Gasteiger charge is 2.26. The standard InChI is InChI=1S/C17H20N2O4/c1-4-22-16(20)14-15(17(21)23-5-2)19(11-18-14)10-13-9-7-6-8-12(13)3/h6-9,11H,4-5,10H2,1-3H3. The molecule has 6 heteroatoms. The topological polar surface area (TPSA) is 70.4 Å². The van der Waals surface area contributed by atoms with Crippen LogP contribution in [0.4, 0.5) is 0 Å². The molecule has 0 radical (unpaired) electrons. The van der Waals surface area contributed by atoms with E-state index in [2.05, 4.69) is 4.98 Å². The van der Waals surface area contributed by atoms with Crippen LogP contribution in [0, 0.1) is 6.92 Å². The van der Waals surface area contributed by atoms with Crippen LogP contribution in [0.3, 0.4) is 0 Å². The normalized spacial score (nSPS) is 10.4. The van der Waals surface area contributed by atoms with Crippen molar-refractivity contribution < 1.29 is 19.1 Å². The lowest BCUT2D eigenvalue weighted by Crippen LogP contribution is -2.18. The van der Waals surface area contributed by atoms with Crippen molar-refractivity contribution >= 4 is 11.9 Å². The number of rotatable bonds is 6. The molecule has 0 unspecified atom stereocenters. The lowest BCUT2D eigenvalue weighted by molar-refractivity contribution is 0.0467. The van der Waals surface area contributed by atoms with Crippen LogP contribution in [0.2, 0.25) is 0 Å². The van der Waals surface area contributed by atoms with Crippen molar-refractivity contribution in [2.24, 2.45) is 0 Å². The molecule has 0 saturated carbocycles. The first-order chi connectivity index (χ1) is 11.1. The van der Waals surface area contributed by atoms with Crippen LogP contribution in [0.1, 0.15) is 46.0 Å². The molecule has 0 bridgehead atoms. The maximum absolute atomic E-state index is 12.2. The molecule has 6 nitrogen and oxygen atoms in total. The monoisotopic (exact) mass is 316 g/mol. The van der Waals surface area contributed by atoms with Crippen LogP contribution in [0.5, 0.6) is 0 Å². The van der Waals surface area contributed by atoms with Gasteiger partial charge in [-0.25, -0.2) is 14.6 Å². The van der Waals surface area contributed by atoms with Gasteiger partial charge in [0.1, 0.15) is 0 Å². The Morgan fingerprint density at radius 2 is 1.74 bits per heavy atom. The van der Waals surface area contributed by atoms with Gasteiger partial charge < -0.3 is 14.0 Å². The molecule has 1 aromatic carbocycles. The highest BCUT2D eigenvalue weighted by molar-refractivity contribution is 6.00. The number of aromatic nitrogens is 2. The van der Waals surface area contributed by atoms with E-state index in [-0.39, 0.29) is 24.6 Å². The lowest BCUT2D eigenvalue weighted by atomic mass is 10.1. The van der Waals surface area contributed by atoms with E-state index < -0.39 is 11.9 Å². The quantitative estimate of drug-likeness (QED) is 0.766. The van der Waals surface area contributed by atoms with Gasteiger partial charge in [-0.1, -0.05) is 24.3 Å². The van der Waals surface area contributed by atoms with Crippen LogP contribution in [-0.4, -0.2) is 34.7 Å². The van der Waals surface area contributed by atoms with Gasteiger partial charge in [0.05, 0.1) is 19.5 Å². The zero-order valence-corrected chi connectivity index (χ0v) is 13.5. The second-order valence-corrected chi connectivity index (χ2v) is 4.94. The minimum absolute atomic E-state index is 0.0149. The van der Waals surface area contributed by atoms with Crippen LogP contribution in [0.15, 0.2) is 30.6 Å². The summed E-state index contributed by atoms with van der Waals surface area (Å²) in [5.74, 6) is -1.21. The van der Waals surface area contributed by atoms with E-state index in [4.69, 9.17) is 9.47 Å². The van der Waals surface area contributed by atoms with Crippen LogP contribution in [-0.2, 0) is 16.0 Å². The largest absolute Gasteiger partial charge is 0.461 e. The van der Waals surface area contributed by atoms with Gasteiger partial charge in [0.25, 0.3) is 0 Å². The average Bonchev–Trinajstić information content (AvgIpc) is 2.94. The predicted octanol–water partition coefficient (Wildman–Crippen LogP) is 2.59. The van der Waals surface area contributed by atoms with E-state index in [1.54, 1.807) is 18.4 Å². The van der Waals surface area contributed by atoms with Gasteiger partial charge in [-0.3, -0.25) is 0 Å². The molecule has 122 valence electrons. The molecular weight excluding hydrogens is 296 g/mol. The Balaban J connectivity index is 2.41. The third-order valence-corrected chi connectivity index (χ3v) is 3.38. The second kappa shape index (κ2) is 7.58. The predicted molar refractivity (Wildman–Crippen MR) is 84.4 cm³/mol. The van der Waals surface area contributed by atoms with Gasteiger partial charge in [0, 0.05) is 6.54 Å². The molecule has 23 heavy (non-hydrogen) atoms. The van der Waals surface area contributed by atoms with E-state index in [9.17, 15) is 9.59 Å². The number of hydrogen-bond acceptors (Lipinski definition) is 5. The van der Waals surface area contributed by atoms with Gasteiger partial charge in [-0.2, -0.15) is 0 Å². The van der Waals surface area contributed by atoms with Crippen molar-refractivity contribution in [1.82, 2.24) is 9.55 Å². The third-order valence-electron chi connectivity index (χ3n) is 3.38. The van der Waals surface area contributed by atoms with Gasteiger partial charge in [0.2, 0.25) is 0 Å². The number of benzene rings is 1. The SMILES string of the molecule is CCOC(=O)c1ncn(Cc2ccccc2C)c1C(=O)OCC. The summed E-state index contributed by atoms with van der Waals surface area (Å²) in [6, 6.07) is 7.83. The summed E-state index contributed by atoms with van der Waals surface area (Å²) < 4.78 is 11.6. The summed E-state index contributed by atoms with van der Waals surface area (Å²) in [4.78, 5) is 28.3. The Labute approximate surface area is 135 Å². The number of nitrogens with zero attached hydrogens (tertiary/aromatic N) is 2. The summed E-state index contributed by atoms with van der Waals surface area (Å²) >= 11 is 0. The van der Waals surface area contributed by atoms with Gasteiger partial charge in [-0.15, -0.1) is 0 Å². The van der Waals surface area contributed by atoms with Crippen LogP contribution >= 0.6 is 0 Å². The van der Waals surface area contributed by atoms with E-state index >= 15 is 0 Å². The van der Waals surface area contributed by atoms with Gasteiger partial charge in [-0.05, 0) is 31.9 Å². The fourth-order valence-corrected chi connectivity index (χ4v) is 2.24. The van der Waals surface area contributed by atoms with Crippen molar-refractivity contribution in [3.8, 4) is 0 Å². The Kier molecular flexibility index (Phi) is 5.51. The number of carbonyl (C=O) groups excluding carboxylic acids is 2. The molecule has 0 aliphatic rings. The van der Waals surface area contributed by atoms with E-state index in [1.807, 2.05) is 31.2 Å². The smallest absolute Gasteiger partial charge is 0.359 e. The number of imidazole rings is 1. The van der Waals surface area contributed by atoms with Gasteiger partial charge >= 0.3 is 11.9 Å². The van der Waals surface area contributed by atoms with Crippen LogP contribution in [0.25, 0.3) is 0 Å². The molecular formula is C17H20N2O4. The molecule has 1 aromatic heterocycles. The summed E-state index contributed by atoms with van der Waals surface area (Å²) in [6.45, 7) is 6.26. The number of aryl methyl sites for hydroxylation is 1. The van der Waals surface area contributed by atoms with E-state index in [0.717, 1.165) is 11.1 Å². The Hall–Kier alpha value is -2.63. The van der Waals surface area contributed by atoms with Crippen molar-refractivity contribution in [2.75, 3.05) is 13.2 Å². The minimum atomic E-state index is -0.626. The number of carbonyl (C=O) groups is 2. The first-order valence-electron chi connectivity index (χ1n) is 7.52. The van der Waals surface area contributed by atoms with E-state index in [1.165, 1.54) is 6.33 Å². The first-order valence-corrected chi connectivity index (χ1v) is 7.52. The third kappa shape index (κ3) is 3.77. The molecule has 0 aliphatic carbocycles. The van der Waals surface area contributed by atoms with Crippen molar-refractivity contribution in [1.29, 1.82) is 0 Å². The molecule has 0 spiro atoms. The Morgan fingerprint density at radius 1 is 1.09 bits per heavy atom. The number of hydrogen-bond donors (Lipinski definition) is 0. The minimum Gasteiger partial charge on any atom is -0.461 e. The highest BCUT2D eigenvalue weighted by Crippen LogP contribution is 2.16. The summed E-state index contributed by atoms with van der Waals surface area (Å²) in [7, 11) is 0. The second-order valence-electron chi connectivity index (χ2n) is 4.94. The molecule has 0 N–H and O–H groups in total. The average molecular weight is 316 g/mol. The molecule has 2 aromatic rings. The maximum Gasteiger partial charge on any atom is 0.359 e. The van der Waals surface area contributed by atoms with Crippen LogP contribution < -0.4 is 0 Å². The highest BCUT2D eigenvalue weighted by atomic mass is 16.5. The van der Waals surface area contributed by atoms with Gasteiger partial charge in [0.15, 0.2) is 11.4 Å². The summed E-state index contributed by atoms with van der Waals surface area (Å²) in [5.41, 5.74) is 2.23. The summed E-state index contributed by atoms with van der Waals surface area (Å²) in [5, 5.41) is 0. The molecule has 0 amide bonds. The van der Waals surface area contributed by atoms with Crippen molar-refractivity contribution in [2.45, 2.75) is 27.3 Å². The molecule has 0 saturated heterocycles. The molecule has 2 rings (SSSR count). The van der Waals surface area contributed by atoms with Crippen molar-refractivity contribution in [3.05, 3.63) is 53.1 Å². The maximum atomic E-state index is 12.2. The first kappa shape index (κ1) is 16.7. The lowest BCUT2D eigenvalue weighted by Gasteiger charge is -2.11. The van der Waals surface area contributed by atoms with E-state index in [0.29, 0.717) is 6.54 Å². The Bertz CT molecular complexity index is 706.